The Hall–Kier alpha value is -0.430. The smallest absolute Gasteiger partial charge is 0.185 e. The van der Waals surface area contributed by atoms with Crippen molar-refractivity contribution in [3.05, 3.63) is 16.1 Å². The number of carbonyl (C=O) groups excluding carboxylic acids is 1. The Bertz CT molecular complexity index is 478. The second-order valence-corrected chi connectivity index (χ2v) is 7.70. The van der Waals surface area contributed by atoms with E-state index in [4.69, 9.17) is 10.5 Å². The van der Waals surface area contributed by atoms with Gasteiger partial charge in [-0.05, 0) is 37.2 Å². The summed E-state index contributed by atoms with van der Waals surface area (Å²) in [6, 6.07) is 0. The van der Waals surface area contributed by atoms with E-state index in [-0.39, 0.29) is 17.3 Å². The van der Waals surface area contributed by atoms with E-state index in [9.17, 15) is 4.79 Å². The fourth-order valence-electron chi connectivity index (χ4n) is 3.07. The normalized spacial score (nSPS) is 25.8. The van der Waals surface area contributed by atoms with Crippen molar-refractivity contribution in [1.82, 2.24) is 4.98 Å². The number of rotatable bonds is 3. The lowest BCUT2D eigenvalue weighted by Crippen LogP contribution is -2.44. The predicted octanol–water partition coefficient (Wildman–Crippen LogP) is 2.48. The average Bonchev–Trinajstić information content (AvgIpc) is 2.96. The van der Waals surface area contributed by atoms with Crippen LogP contribution >= 0.6 is 23.1 Å². The first kappa shape index (κ1) is 14.5. The van der Waals surface area contributed by atoms with Crippen LogP contribution in [0, 0.1) is 5.92 Å². The number of thioether (sulfide) groups is 1. The molecule has 0 aliphatic carbocycles. The van der Waals surface area contributed by atoms with Crippen LogP contribution in [0.4, 0.5) is 0 Å². The van der Waals surface area contributed by atoms with Crippen LogP contribution in [0.3, 0.4) is 0 Å². The summed E-state index contributed by atoms with van der Waals surface area (Å²) in [6.07, 6.45) is 3.84. The number of aromatic nitrogens is 1. The summed E-state index contributed by atoms with van der Waals surface area (Å²) in [4.78, 5) is 16.9. The molecule has 0 saturated carbocycles. The molecule has 0 aromatic carbocycles. The van der Waals surface area contributed by atoms with Crippen molar-refractivity contribution in [2.75, 3.05) is 18.1 Å². The van der Waals surface area contributed by atoms with E-state index in [1.807, 2.05) is 17.1 Å². The lowest BCUT2D eigenvalue weighted by atomic mass is 9.79. The first-order valence-corrected chi connectivity index (χ1v) is 9.16. The van der Waals surface area contributed by atoms with E-state index in [2.05, 4.69) is 4.98 Å². The number of carbonyl (C=O) groups is 1. The average molecular weight is 312 g/mol. The molecule has 110 valence electrons. The van der Waals surface area contributed by atoms with Crippen LogP contribution in [-0.2, 0) is 11.3 Å². The van der Waals surface area contributed by atoms with E-state index >= 15 is 0 Å². The Labute approximate surface area is 127 Å². The topological polar surface area (TPSA) is 65.2 Å². The first-order valence-electron chi connectivity index (χ1n) is 7.13. The molecular weight excluding hydrogens is 292 g/mol. The Balaban J connectivity index is 1.71. The molecule has 0 amide bonds. The van der Waals surface area contributed by atoms with Gasteiger partial charge < -0.3 is 10.5 Å². The van der Waals surface area contributed by atoms with E-state index in [1.54, 1.807) is 0 Å². The zero-order valence-corrected chi connectivity index (χ0v) is 13.1. The van der Waals surface area contributed by atoms with Crippen molar-refractivity contribution >= 4 is 28.9 Å². The molecule has 20 heavy (non-hydrogen) atoms. The zero-order valence-electron chi connectivity index (χ0n) is 11.5. The summed E-state index contributed by atoms with van der Waals surface area (Å²) >= 11 is 3.46. The van der Waals surface area contributed by atoms with E-state index in [0.29, 0.717) is 18.8 Å². The maximum atomic E-state index is 12.6. The highest BCUT2D eigenvalue weighted by atomic mass is 32.2. The Morgan fingerprint density at radius 3 is 3.00 bits per heavy atom. The van der Waals surface area contributed by atoms with Crippen molar-refractivity contribution in [3.8, 4) is 0 Å². The van der Waals surface area contributed by atoms with Crippen LogP contribution in [0.15, 0.2) is 5.38 Å². The minimum Gasteiger partial charge on any atom is -0.375 e. The van der Waals surface area contributed by atoms with Crippen LogP contribution in [0.25, 0.3) is 0 Å². The number of ether oxygens (including phenoxy) is 1. The molecule has 4 nitrogen and oxygen atoms in total. The lowest BCUT2D eigenvalue weighted by Gasteiger charge is -2.42. The lowest BCUT2D eigenvalue weighted by molar-refractivity contribution is -0.0960. The number of nitrogens with two attached hydrogens (primary N) is 1. The van der Waals surface area contributed by atoms with Gasteiger partial charge in [0.05, 0.1) is 5.60 Å². The van der Waals surface area contributed by atoms with Crippen molar-refractivity contribution < 1.29 is 9.53 Å². The molecule has 2 fully saturated rings. The van der Waals surface area contributed by atoms with Gasteiger partial charge in [0.25, 0.3) is 0 Å². The molecule has 2 saturated heterocycles. The van der Waals surface area contributed by atoms with Crippen molar-refractivity contribution in [1.29, 1.82) is 0 Å². The third kappa shape index (κ3) is 2.93. The minimum absolute atomic E-state index is 0.0451. The molecule has 2 aliphatic rings. The summed E-state index contributed by atoms with van der Waals surface area (Å²) < 4.78 is 6.05. The van der Waals surface area contributed by atoms with E-state index in [1.165, 1.54) is 11.3 Å². The Morgan fingerprint density at radius 2 is 2.30 bits per heavy atom. The van der Waals surface area contributed by atoms with Crippen molar-refractivity contribution in [2.45, 2.75) is 37.8 Å². The van der Waals surface area contributed by atoms with Gasteiger partial charge in [0, 0.05) is 24.4 Å². The van der Waals surface area contributed by atoms with Gasteiger partial charge in [0.1, 0.15) is 10.7 Å². The number of thiazole rings is 1. The molecule has 0 radical (unpaired) electrons. The van der Waals surface area contributed by atoms with Crippen LogP contribution in [-0.4, -0.2) is 34.5 Å². The highest BCUT2D eigenvalue weighted by molar-refractivity contribution is 7.99. The SMILES string of the molecule is NCc1nc(C(=O)C2CCOC3(CCSCC3)C2)cs1. The van der Waals surface area contributed by atoms with Gasteiger partial charge in [-0.3, -0.25) is 4.79 Å². The zero-order chi connectivity index (χ0) is 14.0. The standard InChI is InChI=1S/C14H20N2O2S2/c15-8-12-16-11(9-20-12)13(17)10-1-4-18-14(7-10)2-5-19-6-3-14/h9-10H,1-8,15H2. The maximum Gasteiger partial charge on any atom is 0.185 e. The summed E-state index contributed by atoms with van der Waals surface area (Å²) in [5.41, 5.74) is 6.12. The van der Waals surface area contributed by atoms with E-state index in [0.717, 1.165) is 42.2 Å². The maximum absolute atomic E-state index is 12.6. The Kier molecular flexibility index (Phi) is 4.45. The molecule has 2 N–H and O–H groups in total. The van der Waals surface area contributed by atoms with Crippen LogP contribution in [0.1, 0.15) is 41.2 Å². The summed E-state index contributed by atoms with van der Waals surface area (Å²) in [6.45, 7) is 1.11. The van der Waals surface area contributed by atoms with Gasteiger partial charge in [-0.25, -0.2) is 4.98 Å². The molecule has 1 aromatic rings. The van der Waals surface area contributed by atoms with Crippen molar-refractivity contribution in [3.63, 3.8) is 0 Å². The van der Waals surface area contributed by atoms with Crippen LogP contribution in [0.2, 0.25) is 0 Å². The molecular formula is C14H20N2O2S2. The fourth-order valence-corrected chi connectivity index (χ4v) is 4.97. The first-order chi connectivity index (χ1) is 9.72. The molecule has 1 unspecified atom stereocenters. The third-order valence-electron chi connectivity index (χ3n) is 4.25. The predicted molar refractivity (Wildman–Crippen MR) is 82.3 cm³/mol. The van der Waals surface area contributed by atoms with Gasteiger partial charge in [-0.2, -0.15) is 11.8 Å². The van der Waals surface area contributed by atoms with Crippen molar-refractivity contribution in [2.24, 2.45) is 11.7 Å². The van der Waals surface area contributed by atoms with E-state index < -0.39 is 0 Å². The molecule has 0 bridgehead atoms. The fraction of sp³-hybridized carbons (Fsp3) is 0.714. The number of hydrogen-bond acceptors (Lipinski definition) is 6. The summed E-state index contributed by atoms with van der Waals surface area (Å²) in [5.74, 6) is 2.55. The second-order valence-electron chi connectivity index (χ2n) is 5.53. The number of Topliss-reactive ketones (excluding diaryl/α,β-unsaturated/α-hetero) is 1. The van der Waals surface area contributed by atoms with Gasteiger partial charge in [0.15, 0.2) is 5.78 Å². The van der Waals surface area contributed by atoms with Crippen LogP contribution < -0.4 is 5.73 Å². The molecule has 3 heterocycles. The monoisotopic (exact) mass is 312 g/mol. The molecule has 2 aliphatic heterocycles. The van der Waals surface area contributed by atoms with Gasteiger partial charge in [-0.1, -0.05) is 0 Å². The molecule has 1 atom stereocenters. The molecule has 6 heteroatoms. The van der Waals surface area contributed by atoms with Gasteiger partial charge in [0.2, 0.25) is 0 Å². The summed E-state index contributed by atoms with van der Waals surface area (Å²) in [5, 5.41) is 2.69. The third-order valence-corrected chi connectivity index (χ3v) is 6.10. The minimum atomic E-state index is -0.0451. The molecule has 1 spiro atoms. The van der Waals surface area contributed by atoms with Gasteiger partial charge >= 0.3 is 0 Å². The van der Waals surface area contributed by atoms with Gasteiger partial charge in [-0.15, -0.1) is 11.3 Å². The number of hydrogen-bond donors (Lipinski definition) is 1. The molecule has 1 aromatic heterocycles. The number of ketones is 1. The largest absolute Gasteiger partial charge is 0.375 e. The highest BCUT2D eigenvalue weighted by Gasteiger charge is 2.41. The van der Waals surface area contributed by atoms with Crippen LogP contribution in [0.5, 0.6) is 0 Å². The molecule has 3 rings (SSSR count). The quantitative estimate of drug-likeness (QED) is 0.869. The second kappa shape index (κ2) is 6.13. The highest BCUT2D eigenvalue weighted by Crippen LogP contribution is 2.40. The summed E-state index contributed by atoms with van der Waals surface area (Å²) in [7, 11) is 0. The number of nitrogens with zero attached hydrogens (tertiary/aromatic N) is 1. The Morgan fingerprint density at radius 1 is 1.50 bits per heavy atom.